The van der Waals surface area contributed by atoms with Crippen molar-refractivity contribution in [2.45, 2.75) is 127 Å². The lowest BCUT2D eigenvalue weighted by atomic mass is 9.80. The number of carbonyl (C=O) groups is 1. The van der Waals surface area contributed by atoms with Gasteiger partial charge in [-0.3, -0.25) is 19.1 Å². The number of hydrogen-bond acceptors (Lipinski definition) is 12. The van der Waals surface area contributed by atoms with E-state index in [1.165, 1.54) is 23.3 Å². The monoisotopic (exact) mass is 913 g/mol. The Labute approximate surface area is 383 Å². The van der Waals surface area contributed by atoms with E-state index in [1.807, 2.05) is 107 Å². The second-order valence-corrected chi connectivity index (χ2v) is 18.3. The summed E-state index contributed by atoms with van der Waals surface area (Å²) in [6.07, 6.45) is 4.48. The first-order valence-corrected chi connectivity index (χ1v) is 23.7. The van der Waals surface area contributed by atoms with Gasteiger partial charge in [0.25, 0.3) is 14.1 Å². The van der Waals surface area contributed by atoms with Crippen LogP contribution in [0.3, 0.4) is 0 Å². The highest BCUT2D eigenvalue weighted by atomic mass is 31.2. The summed E-state index contributed by atoms with van der Waals surface area (Å²) in [5, 5.41) is 12.7. The van der Waals surface area contributed by atoms with Crippen molar-refractivity contribution in [2.24, 2.45) is 0 Å². The number of ether oxygens (including phenoxy) is 5. The van der Waals surface area contributed by atoms with Gasteiger partial charge < -0.3 is 38.0 Å². The molecular weight excluding hydrogens is 850 g/mol. The molecule has 0 bridgehead atoms. The third kappa shape index (κ3) is 12.5. The van der Waals surface area contributed by atoms with Crippen molar-refractivity contribution >= 4 is 14.4 Å². The minimum Gasteiger partial charge on any atom is -0.497 e. The second-order valence-electron chi connectivity index (χ2n) is 16.9. The molecule has 1 amide bonds. The lowest BCUT2D eigenvalue weighted by Crippen LogP contribution is -2.45. The minimum absolute atomic E-state index is 0.0195. The predicted octanol–water partition coefficient (Wildman–Crippen LogP) is 7.74. The lowest BCUT2D eigenvalue weighted by molar-refractivity contribution is -0.133. The fourth-order valence-corrected chi connectivity index (χ4v) is 10.5. The number of methoxy groups -OCH3 is 2. The lowest BCUT2D eigenvalue weighted by Gasteiger charge is -2.39. The van der Waals surface area contributed by atoms with E-state index in [0.29, 0.717) is 11.5 Å². The molecule has 2 heterocycles. The number of hydrogen-bond donors (Lipinski definition) is 2. The molecule has 1 saturated carbocycles. The molecule has 0 spiro atoms. The number of aromatic amines is 1. The van der Waals surface area contributed by atoms with Crippen LogP contribution < -0.4 is 26.0 Å². The first-order valence-electron chi connectivity index (χ1n) is 22.6. The molecule has 2 N–H and O–H groups in total. The highest BCUT2D eigenvalue weighted by molar-refractivity contribution is 7.44. The number of benzene rings is 3. The van der Waals surface area contributed by atoms with Crippen LogP contribution in [-0.2, 0) is 33.7 Å². The molecule has 65 heavy (non-hydrogen) atoms. The third-order valence-electron chi connectivity index (χ3n) is 11.8. The van der Waals surface area contributed by atoms with Gasteiger partial charge in [0.1, 0.15) is 42.0 Å². The van der Waals surface area contributed by atoms with Gasteiger partial charge in [0, 0.05) is 30.4 Å². The molecule has 1 saturated heterocycles. The van der Waals surface area contributed by atoms with E-state index >= 15 is 0 Å². The number of H-pyrrole nitrogens is 1. The normalized spacial score (nSPS) is 20.0. The van der Waals surface area contributed by atoms with Gasteiger partial charge in [-0.15, -0.1) is 0 Å². The molecule has 2 aliphatic rings. The second kappa shape index (κ2) is 24.0. The number of nitrogens with zero attached hydrogens (tertiary/aromatic N) is 3. The van der Waals surface area contributed by atoms with Crippen molar-refractivity contribution in [1.82, 2.24) is 19.5 Å². The van der Waals surface area contributed by atoms with E-state index in [-0.39, 0.29) is 50.3 Å². The Morgan fingerprint density at radius 2 is 1.45 bits per heavy atom. The summed E-state index contributed by atoms with van der Waals surface area (Å²) in [5.74, 6) is 1.02. The van der Waals surface area contributed by atoms with E-state index in [4.69, 9.17) is 32.7 Å². The van der Waals surface area contributed by atoms with E-state index < -0.39 is 49.9 Å². The van der Waals surface area contributed by atoms with E-state index in [9.17, 15) is 19.6 Å². The summed E-state index contributed by atoms with van der Waals surface area (Å²) in [7, 11) is 1.31. The summed E-state index contributed by atoms with van der Waals surface area (Å²) in [6.45, 7) is 7.74. The van der Waals surface area contributed by atoms with Gasteiger partial charge in [-0.2, -0.15) is 5.26 Å². The SMILES string of the molecule is COc1ccc(C(OC[C@H]2O[C@@H](n3ccc(=O)[nH]c3=O)C(OCC(=O)NC3CCCCCCC3)C2OP(OCCC#N)N(C(C)C)C(C)C)(c2ccccc2)c2ccc(OC)cc2)cc1. The summed E-state index contributed by atoms with van der Waals surface area (Å²) >= 11 is 0. The fraction of sp³-hybridized carbons (Fsp3) is 0.510. The summed E-state index contributed by atoms with van der Waals surface area (Å²) in [6, 6.07) is 28.4. The number of aromatic nitrogens is 2. The van der Waals surface area contributed by atoms with E-state index in [2.05, 4.69) is 21.0 Å². The summed E-state index contributed by atoms with van der Waals surface area (Å²) in [4.78, 5) is 42.2. The zero-order valence-electron chi connectivity index (χ0n) is 38.4. The molecule has 0 radical (unpaired) electrons. The van der Waals surface area contributed by atoms with E-state index in [1.54, 1.807) is 14.2 Å². The van der Waals surface area contributed by atoms with Crippen LogP contribution in [0.15, 0.2) is 101 Å². The first kappa shape index (κ1) is 49.5. The first-order chi connectivity index (χ1) is 31.5. The topological polar surface area (TPSA) is 176 Å². The largest absolute Gasteiger partial charge is 0.497 e. The molecular formula is C49H64N5O10P. The quantitative estimate of drug-likeness (QED) is 0.0474. The fourth-order valence-electron chi connectivity index (χ4n) is 8.72. The Hall–Kier alpha value is -4.91. The molecule has 16 heteroatoms. The van der Waals surface area contributed by atoms with Crippen LogP contribution in [0.2, 0.25) is 0 Å². The Kier molecular flexibility index (Phi) is 18.3. The summed E-state index contributed by atoms with van der Waals surface area (Å²) in [5.41, 5.74) is -0.201. The van der Waals surface area contributed by atoms with Crippen molar-refractivity contribution < 1.29 is 37.5 Å². The molecule has 3 aromatic carbocycles. The Balaban J connectivity index is 1.46. The molecule has 350 valence electrons. The highest BCUT2D eigenvalue weighted by Gasteiger charge is 2.52. The van der Waals surface area contributed by atoms with E-state index in [0.717, 1.165) is 55.2 Å². The summed E-state index contributed by atoms with van der Waals surface area (Å²) < 4.78 is 48.9. The maximum atomic E-state index is 13.8. The van der Waals surface area contributed by atoms with Gasteiger partial charge in [-0.1, -0.05) is 86.7 Å². The molecule has 6 rings (SSSR count). The van der Waals surface area contributed by atoms with Gasteiger partial charge in [-0.25, -0.2) is 9.46 Å². The average Bonchev–Trinajstić information content (AvgIpc) is 3.63. The van der Waals surface area contributed by atoms with Crippen molar-refractivity contribution in [3.05, 3.63) is 129 Å². The number of nitriles is 1. The van der Waals surface area contributed by atoms with Crippen LogP contribution in [0, 0.1) is 11.3 Å². The number of carbonyl (C=O) groups excluding carboxylic acids is 1. The van der Waals surface area contributed by atoms with Crippen LogP contribution in [0.5, 0.6) is 11.5 Å². The van der Waals surface area contributed by atoms with Crippen molar-refractivity contribution in [3.8, 4) is 17.6 Å². The van der Waals surface area contributed by atoms with Crippen LogP contribution in [0.4, 0.5) is 0 Å². The Morgan fingerprint density at radius 1 is 0.862 bits per heavy atom. The molecule has 3 unspecified atom stereocenters. The third-order valence-corrected chi connectivity index (χ3v) is 13.9. The zero-order valence-corrected chi connectivity index (χ0v) is 39.2. The van der Waals surface area contributed by atoms with Crippen molar-refractivity contribution in [3.63, 3.8) is 0 Å². The van der Waals surface area contributed by atoms with Gasteiger partial charge in [-0.05, 0) is 81.5 Å². The van der Waals surface area contributed by atoms with Crippen LogP contribution in [-0.4, -0.2) is 90.6 Å². The molecule has 2 fully saturated rings. The minimum atomic E-state index is -1.91. The predicted molar refractivity (Wildman–Crippen MR) is 248 cm³/mol. The van der Waals surface area contributed by atoms with Crippen molar-refractivity contribution in [2.75, 3.05) is 34.0 Å². The molecule has 15 nitrogen and oxygen atoms in total. The Bertz CT molecular complexity index is 2190. The zero-order chi connectivity index (χ0) is 46.3. The number of rotatable bonds is 21. The van der Waals surface area contributed by atoms with Gasteiger partial charge >= 0.3 is 5.69 Å². The number of amides is 1. The standard InChI is InChI=1S/C49H64N5O10P/c1-34(2)54(35(3)4)65(62-31-15-29-50)64-45-42(63-47(53-30-28-43(55)52-48(53)57)46(45)60-33-44(56)51-39-18-13-8-7-9-14-19-39)32-61-49(36-16-11-10-12-17-36,37-20-24-40(58-5)25-21-37)38-22-26-41(59-6)27-23-38/h10-12,16-17,20-28,30,34-35,39,42,45-47H,7-9,13-15,18-19,31-33H2,1-6H3,(H,51,56)(H,52,55,57)/t42-,45?,46?,47-,65?/m1/s1. The van der Waals surface area contributed by atoms with Crippen LogP contribution in [0.1, 0.15) is 102 Å². The van der Waals surface area contributed by atoms with Gasteiger partial charge in [0.2, 0.25) is 5.91 Å². The van der Waals surface area contributed by atoms with Crippen molar-refractivity contribution in [1.29, 1.82) is 5.26 Å². The molecule has 1 aliphatic heterocycles. The maximum absolute atomic E-state index is 13.8. The maximum Gasteiger partial charge on any atom is 0.330 e. The molecule has 1 aromatic heterocycles. The van der Waals surface area contributed by atoms with Gasteiger partial charge in [0.15, 0.2) is 6.23 Å². The smallest absolute Gasteiger partial charge is 0.330 e. The average molecular weight is 914 g/mol. The number of nitrogens with one attached hydrogen (secondary N) is 2. The molecule has 1 aliphatic carbocycles. The molecule has 5 atom stereocenters. The Morgan fingerprint density at radius 3 is 2.00 bits per heavy atom. The van der Waals surface area contributed by atoms with Crippen LogP contribution >= 0.6 is 8.53 Å². The molecule has 4 aromatic rings. The van der Waals surface area contributed by atoms with Crippen LogP contribution in [0.25, 0.3) is 0 Å². The highest BCUT2D eigenvalue weighted by Crippen LogP contribution is 2.51. The van der Waals surface area contributed by atoms with Gasteiger partial charge in [0.05, 0.1) is 39.9 Å².